The molecule has 0 bridgehead atoms. The summed E-state index contributed by atoms with van der Waals surface area (Å²) < 4.78 is 12.2. The normalized spacial score (nSPS) is 10.2. The fraction of sp³-hybridized carbons (Fsp3) is 0.0625. The molecule has 0 aliphatic heterocycles. The molecule has 0 saturated carbocycles. The average Bonchev–Trinajstić information content (AvgIpc) is 3.10. The lowest BCUT2D eigenvalue weighted by Gasteiger charge is -2.09. The van der Waals surface area contributed by atoms with Crippen molar-refractivity contribution in [2.45, 2.75) is 0 Å². The van der Waals surface area contributed by atoms with E-state index in [2.05, 4.69) is 9.97 Å². The van der Waals surface area contributed by atoms with Gasteiger partial charge in [-0.3, -0.25) is 4.57 Å². The molecule has 2 aromatic heterocycles. The Balaban J connectivity index is 1.85. The van der Waals surface area contributed by atoms with Gasteiger partial charge in [0.05, 0.1) is 12.7 Å². The lowest BCUT2D eigenvalue weighted by atomic mass is 10.2. The van der Waals surface area contributed by atoms with Gasteiger partial charge in [-0.15, -0.1) is 0 Å². The van der Waals surface area contributed by atoms with E-state index in [1.807, 2.05) is 0 Å². The Labute approximate surface area is 127 Å². The first-order valence-corrected chi connectivity index (χ1v) is 6.57. The molecule has 0 aliphatic rings. The molecular weight excluding hydrogens is 282 g/mol. The van der Waals surface area contributed by atoms with Gasteiger partial charge < -0.3 is 9.47 Å². The van der Waals surface area contributed by atoms with Gasteiger partial charge >= 0.3 is 5.97 Å². The number of imidazole rings is 1. The van der Waals surface area contributed by atoms with Crippen LogP contribution >= 0.6 is 0 Å². The monoisotopic (exact) mass is 295 g/mol. The van der Waals surface area contributed by atoms with Crippen LogP contribution in [-0.2, 0) is 0 Å². The van der Waals surface area contributed by atoms with E-state index in [4.69, 9.17) is 9.47 Å². The van der Waals surface area contributed by atoms with Gasteiger partial charge in [-0.25, -0.2) is 14.8 Å². The third-order valence-corrected chi connectivity index (χ3v) is 3.02. The molecule has 0 unspecified atom stereocenters. The van der Waals surface area contributed by atoms with Crippen molar-refractivity contribution in [1.82, 2.24) is 14.5 Å². The van der Waals surface area contributed by atoms with E-state index in [1.54, 1.807) is 65.9 Å². The zero-order valence-corrected chi connectivity index (χ0v) is 11.8. The summed E-state index contributed by atoms with van der Waals surface area (Å²) in [5.41, 5.74) is 0.393. The standard InChI is InChI=1S/C16H13N3O3/c1-21-13-4-2-3-5-14(13)22-16(20)12-6-7-18-15(10-12)19-9-8-17-11-19/h2-11H,1H3. The lowest BCUT2D eigenvalue weighted by Crippen LogP contribution is -2.10. The summed E-state index contributed by atoms with van der Waals surface area (Å²) >= 11 is 0. The van der Waals surface area contributed by atoms with Crippen molar-refractivity contribution >= 4 is 5.97 Å². The number of benzene rings is 1. The lowest BCUT2D eigenvalue weighted by molar-refractivity contribution is 0.0729. The number of carbonyl (C=O) groups is 1. The highest BCUT2D eigenvalue weighted by Gasteiger charge is 2.13. The van der Waals surface area contributed by atoms with Crippen molar-refractivity contribution in [3.05, 3.63) is 66.9 Å². The third-order valence-electron chi connectivity index (χ3n) is 3.02. The SMILES string of the molecule is COc1ccccc1OC(=O)c1ccnc(-n2ccnc2)c1. The molecule has 0 fully saturated rings. The summed E-state index contributed by atoms with van der Waals surface area (Å²) in [4.78, 5) is 20.4. The van der Waals surface area contributed by atoms with E-state index in [0.717, 1.165) is 0 Å². The van der Waals surface area contributed by atoms with E-state index in [9.17, 15) is 4.79 Å². The van der Waals surface area contributed by atoms with Gasteiger partial charge in [0.2, 0.25) is 0 Å². The van der Waals surface area contributed by atoms with Gasteiger partial charge in [-0.05, 0) is 24.3 Å². The van der Waals surface area contributed by atoms with Crippen LogP contribution in [0.4, 0.5) is 0 Å². The van der Waals surface area contributed by atoms with Crippen LogP contribution in [0.25, 0.3) is 5.82 Å². The van der Waals surface area contributed by atoms with Crippen LogP contribution in [0.2, 0.25) is 0 Å². The van der Waals surface area contributed by atoms with Crippen LogP contribution in [0.15, 0.2) is 61.3 Å². The summed E-state index contributed by atoms with van der Waals surface area (Å²) in [5.74, 6) is 0.982. The van der Waals surface area contributed by atoms with E-state index >= 15 is 0 Å². The zero-order valence-electron chi connectivity index (χ0n) is 11.8. The number of hydrogen-bond acceptors (Lipinski definition) is 5. The van der Waals surface area contributed by atoms with Crippen LogP contribution in [0.3, 0.4) is 0 Å². The quantitative estimate of drug-likeness (QED) is 0.546. The number of methoxy groups -OCH3 is 1. The van der Waals surface area contributed by atoms with Crippen LogP contribution in [0.1, 0.15) is 10.4 Å². The summed E-state index contributed by atoms with van der Waals surface area (Å²) in [7, 11) is 1.52. The van der Waals surface area contributed by atoms with Crippen LogP contribution < -0.4 is 9.47 Å². The van der Waals surface area contributed by atoms with E-state index in [-0.39, 0.29) is 0 Å². The van der Waals surface area contributed by atoms with Crippen molar-refractivity contribution < 1.29 is 14.3 Å². The Morgan fingerprint density at radius 1 is 1.14 bits per heavy atom. The van der Waals surface area contributed by atoms with Gasteiger partial charge in [-0.2, -0.15) is 0 Å². The van der Waals surface area contributed by atoms with Crippen molar-refractivity contribution in [3.8, 4) is 17.3 Å². The number of aromatic nitrogens is 3. The molecule has 0 N–H and O–H groups in total. The zero-order chi connectivity index (χ0) is 15.4. The number of nitrogens with zero attached hydrogens (tertiary/aromatic N) is 3. The molecule has 22 heavy (non-hydrogen) atoms. The Bertz CT molecular complexity index is 785. The van der Waals surface area contributed by atoms with Gasteiger partial charge in [0.1, 0.15) is 12.1 Å². The molecule has 6 nitrogen and oxygen atoms in total. The smallest absolute Gasteiger partial charge is 0.343 e. The van der Waals surface area contributed by atoms with Crippen LogP contribution in [0.5, 0.6) is 11.5 Å². The minimum Gasteiger partial charge on any atom is -0.493 e. The first-order chi connectivity index (χ1) is 10.8. The predicted molar refractivity (Wildman–Crippen MR) is 79.3 cm³/mol. The maximum absolute atomic E-state index is 12.3. The molecule has 0 saturated heterocycles. The van der Waals surface area contributed by atoms with Crippen molar-refractivity contribution in [3.63, 3.8) is 0 Å². The topological polar surface area (TPSA) is 66.2 Å². The number of rotatable bonds is 4. The number of carbonyl (C=O) groups excluding carboxylic acids is 1. The van der Waals surface area contributed by atoms with Crippen molar-refractivity contribution in [2.24, 2.45) is 0 Å². The number of hydrogen-bond donors (Lipinski definition) is 0. The number of para-hydroxylation sites is 2. The maximum Gasteiger partial charge on any atom is 0.343 e. The summed E-state index contributed by atoms with van der Waals surface area (Å²) in [5, 5.41) is 0. The molecule has 1 aromatic carbocycles. The highest BCUT2D eigenvalue weighted by atomic mass is 16.6. The maximum atomic E-state index is 12.3. The molecule has 0 atom stereocenters. The number of ether oxygens (including phenoxy) is 2. The average molecular weight is 295 g/mol. The van der Waals surface area contributed by atoms with Gasteiger partial charge in [0.15, 0.2) is 11.5 Å². The summed E-state index contributed by atoms with van der Waals surface area (Å²) in [6, 6.07) is 10.2. The van der Waals surface area contributed by atoms with Crippen molar-refractivity contribution in [2.75, 3.05) is 7.11 Å². The molecule has 110 valence electrons. The van der Waals surface area contributed by atoms with Gasteiger partial charge in [0, 0.05) is 18.6 Å². The summed E-state index contributed by atoms with van der Waals surface area (Å²) in [6.45, 7) is 0. The van der Waals surface area contributed by atoms with E-state index in [1.165, 1.54) is 7.11 Å². The summed E-state index contributed by atoms with van der Waals surface area (Å²) in [6.07, 6.45) is 6.55. The van der Waals surface area contributed by atoms with Crippen molar-refractivity contribution in [1.29, 1.82) is 0 Å². The molecule has 2 heterocycles. The second-order valence-electron chi connectivity index (χ2n) is 4.41. The highest BCUT2D eigenvalue weighted by Crippen LogP contribution is 2.26. The molecule has 0 radical (unpaired) electrons. The Hall–Kier alpha value is -3.15. The van der Waals surface area contributed by atoms with Crippen LogP contribution in [-0.4, -0.2) is 27.6 Å². The Morgan fingerprint density at radius 2 is 1.95 bits per heavy atom. The minimum absolute atomic E-state index is 0.371. The molecule has 3 aromatic rings. The third kappa shape index (κ3) is 2.80. The molecule has 6 heteroatoms. The second kappa shape index (κ2) is 6.09. The van der Waals surface area contributed by atoms with E-state index < -0.39 is 5.97 Å². The Morgan fingerprint density at radius 3 is 2.68 bits per heavy atom. The Kier molecular flexibility index (Phi) is 3.82. The van der Waals surface area contributed by atoms with Crippen LogP contribution in [0, 0.1) is 0 Å². The first kappa shape index (κ1) is 13.8. The molecule has 0 spiro atoms. The number of esters is 1. The molecule has 0 aliphatic carbocycles. The molecule has 3 rings (SSSR count). The van der Waals surface area contributed by atoms with Gasteiger partial charge in [-0.1, -0.05) is 12.1 Å². The molecular formula is C16H13N3O3. The predicted octanol–water partition coefficient (Wildman–Crippen LogP) is 2.50. The fourth-order valence-corrected chi connectivity index (χ4v) is 1.94. The largest absolute Gasteiger partial charge is 0.493 e. The second-order valence-corrected chi connectivity index (χ2v) is 4.41. The minimum atomic E-state index is -0.478. The highest BCUT2D eigenvalue weighted by molar-refractivity contribution is 5.91. The fourth-order valence-electron chi connectivity index (χ4n) is 1.94. The first-order valence-electron chi connectivity index (χ1n) is 6.57. The van der Waals surface area contributed by atoms with E-state index in [0.29, 0.717) is 22.9 Å². The molecule has 0 amide bonds. The number of pyridine rings is 1. The van der Waals surface area contributed by atoms with Gasteiger partial charge in [0.25, 0.3) is 0 Å².